The molecule has 4 aliphatic heterocycles. The van der Waals surface area contributed by atoms with Crippen LogP contribution in [0.15, 0.2) is 0 Å². The van der Waals surface area contributed by atoms with Gasteiger partial charge in [-0.2, -0.15) is 0 Å². The summed E-state index contributed by atoms with van der Waals surface area (Å²) in [5.41, 5.74) is 0. The summed E-state index contributed by atoms with van der Waals surface area (Å²) in [7, 11) is 0. The SMILES string of the molecule is C[C@@H]1O[C@@H](O[C@@H]2[C@@H](O[C@@H]3O[C@H](CO)[C@@H](O)[C@H](O)[C@H]3O[C@@H]3OC[C@@H](O)[C@H](O)[C@H]3O)[C@@H](O)CO[C@H]2O)[C@H](O)[C@H](O)[C@@H]1O. The Morgan fingerprint density at radius 2 is 1.15 bits per heavy atom. The zero-order valence-corrected chi connectivity index (χ0v) is 21.3. The highest BCUT2D eigenvalue weighted by atomic mass is 16.8. The van der Waals surface area contributed by atoms with Crippen molar-refractivity contribution >= 4 is 0 Å². The van der Waals surface area contributed by atoms with E-state index in [-0.39, 0.29) is 0 Å². The third kappa shape index (κ3) is 6.44. The third-order valence-corrected chi connectivity index (χ3v) is 7.38. The number of hydrogen-bond donors (Lipinski definition) is 11. The van der Waals surface area contributed by atoms with Crippen LogP contribution in [-0.2, 0) is 33.2 Å². The largest absolute Gasteiger partial charge is 0.394 e. The highest BCUT2D eigenvalue weighted by molar-refractivity contribution is 4.95. The summed E-state index contributed by atoms with van der Waals surface area (Å²) < 4.78 is 38.2. The van der Waals surface area contributed by atoms with Crippen LogP contribution in [-0.4, -0.2) is 187 Å². The van der Waals surface area contributed by atoms with Gasteiger partial charge in [0, 0.05) is 0 Å². The molecule has 18 atom stereocenters. The fourth-order valence-electron chi connectivity index (χ4n) is 4.88. The second-order valence-electron chi connectivity index (χ2n) is 10.2. The van der Waals surface area contributed by atoms with Crippen molar-refractivity contribution in [3.63, 3.8) is 0 Å². The standard InChI is InChI=1S/C22H38O18/c1-5-9(26)12(29)15(32)21(36-5)40-18-16(7(25)4-34-19(18)33)38-22-17(13(30)11(28)8(2-23)37-22)39-20-14(31)10(27)6(24)3-35-20/h5-33H,2-4H2,1H3/t5-,6+,7-,8+,9+,10-,11+,12+,13-,14+,15+,16-,17+,18+,19+,20-,21-,22-/m0/s1. The van der Waals surface area contributed by atoms with Crippen molar-refractivity contribution in [2.75, 3.05) is 19.8 Å². The summed E-state index contributed by atoms with van der Waals surface area (Å²) in [5, 5.41) is 112. The lowest BCUT2D eigenvalue weighted by Crippen LogP contribution is -2.66. The van der Waals surface area contributed by atoms with Gasteiger partial charge in [0.25, 0.3) is 0 Å². The molecule has 0 bridgehead atoms. The van der Waals surface area contributed by atoms with E-state index in [1.165, 1.54) is 6.92 Å². The van der Waals surface area contributed by atoms with Crippen LogP contribution in [0.5, 0.6) is 0 Å². The maximum absolute atomic E-state index is 10.8. The highest BCUT2D eigenvalue weighted by Crippen LogP contribution is 2.33. The number of aliphatic hydroxyl groups excluding tert-OH is 11. The van der Waals surface area contributed by atoms with E-state index in [1.807, 2.05) is 0 Å². The Labute approximate surface area is 227 Å². The van der Waals surface area contributed by atoms with Crippen molar-refractivity contribution < 1.29 is 89.3 Å². The first kappa shape index (κ1) is 32.2. The Bertz CT molecular complexity index is 808. The van der Waals surface area contributed by atoms with Crippen molar-refractivity contribution in [2.24, 2.45) is 0 Å². The number of aliphatic hydroxyl groups is 11. The van der Waals surface area contributed by atoms with E-state index >= 15 is 0 Å². The van der Waals surface area contributed by atoms with Gasteiger partial charge in [-0.25, -0.2) is 0 Å². The molecule has 0 saturated carbocycles. The first-order chi connectivity index (χ1) is 18.8. The molecule has 0 aliphatic carbocycles. The highest BCUT2D eigenvalue weighted by Gasteiger charge is 2.53. The molecule has 40 heavy (non-hydrogen) atoms. The van der Waals surface area contributed by atoms with Crippen molar-refractivity contribution in [2.45, 2.75) is 118 Å². The van der Waals surface area contributed by atoms with Gasteiger partial charge in [0.2, 0.25) is 0 Å². The van der Waals surface area contributed by atoms with E-state index in [0.29, 0.717) is 0 Å². The minimum absolute atomic E-state index is 0.455. The fourth-order valence-corrected chi connectivity index (χ4v) is 4.88. The Kier molecular flexibility index (Phi) is 10.7. The molecule has 0 aromatic carbocycles. The Hall–Kier alpha value is -0.720. The molecule has 18 nitrogen and oxygen atoms in total. The van der Waals surface area contributed by atoms with Gasteiger partial charge in [0.1, 0.15) is 79.4 Å². The summed E-state index contributed by atoms with van der Waals surface area (Å²) in [6.45, 7) is -0.344. The van der Waals surface area contributed by atoms with Crippen LogP contribution in [0.2, 0.25) is 0 Å². The first-order valence-electron chi connectivity index (χ1n) is 12.8. The molecule has 4 saturated heterocycles. The van der Waals surface area contributed by atoms with Crippen LogP contribution in [0.4, 0.5) is 0 Å². The Morgan fingerprint density at radius 3 is 1.82 bits per heavy atom. The van der Waals surface area contributed by atoms with Gasteiger partial charge in [0.15, 0.2) is 25.2 Å². The van der Waals surface area contributed by atoms with E-state index in [0.717, 1.165) is 0 Å². The van der Waals surface area contributed by atoms with Gasteiger partial charge in [-0.05, 0) is 6.92 Å². The zero-order valence-electron chi connectivity index (χ0n) is 21.3. The Morgan fingerprint density at radius 1 is 0.550 bits per heavy atom. The zero-order chi connectivity index (χ0) is 29.5. The molecule has 0 unspecified atom stereocenters. The molecule has 0 radical (unpaired) electrons. The maximum Gasteiger partial charge on any atom is 0.187 e. The lowest BCUT2D eigenvalue weighted by atomic mass is 9.97. The van der Waals surface area contributed by atoms with Crippen LogP contribution < -0.4 is 0 Å². The molecule has 4 heterocycles. The average molecular weight is 591 g/mol. The van der Waals surface area contributed by atoms with Crippen molar-refractivity contribution in [3.8, 4) is 0 Å². The topological polar surface area (TPSA) is 287 Å². The third-order valence-electron chi connectivity index (χ3n) is 7.38. The first-order valence-corrected chi connectivity index (χ1v) is 12.8. The number of hydrogen-bond acceptors (Lipinski definition) is 18. The van der Waals surface area contributed by atoms with E-state index < -0.39 is 130 Å². The minimum atomic E-state index is -1.85. The molecule has 4 fully saturated rings. The quantitative estimate of drug-likeness (QED) is 0.131. The van der Waals surface area contributed by atoms with Crippen LogP contribution >= 0.6 is 0 Å². The van der Waals surface area contributed by atoms with Crippen molar-refractivity contribution in [1.29, 1.82) is 0 Å². The number of ether oxygens (including phenoxy) is 7. The lowest BCUT2D eigenvalue weighted by Gasteiger charge is -2.48. The summed E-state index contributed by atoms with van der Waals surface area (Å²) in [4.78, 5) is 0. The predicted octanol–water partition coefficient (Wildman–Crippen LogP) is -7.44. The Balaban J connectivity index is 1.55. The van der Waals surface area contributed by atoms with E-state index in [2.05, 4.69) is 0 Å². The molecular weight excluding hydrogens is 552 g/mol. The molecule has 234 valence electrons. The van der Waals surface area contributed by atoms with Gasteiger partial charge in [-0.3, -0.25) is 0 Å². The lowest BCUT2D eigenvalue weighted by molar-refractivity contribution is -0.391. The van der Waals surface area contributed by atoms with Crippen molar-refractivity contribution in [1.82, 2.24) is 0 Å². The van der Waals surface area contributed by atoms with E-state index in [1.54, 1.807) is 0 Å². The molecule has 0 aromatic rings. The monoisotopic (exact) mass is 590 g/mol. The normalized spacial score (nSPS) is 54.3. The van der Waals surface area contributed by atoms with Crippen LogP contribution in [0, 0.1) is 0 Å². The maximum atomic E-state index is 10.8. The fraction of sp³-hybridized carbons (Fsp3) is 1.00. The van der Waals surface area contributed by atoms with Gasteiger partial charge >= 0.3 is 0 Å². The molecule has 11 N–H and O–H groups in total. The van der Waals surface area contributed by atoms with Gasteiger partial charge < -0.3 is 89.3 Å². The average Bonchev–Trinajstić information content (AvgIpc) is 2.93. The molecule has 18 heteroatoms. The second-order valence-corrected chi connectivity index (χ2v) is 10.2. The molecule has 0 spiro atoms. The summed E-state index contributed by atoms with van der Waals surface area (Å²) in [5.74, 6) is 0. The summed E-state index contributed by atoms with van der Waals surface area (Å²) in [6, 6.07) is 0. The molecule has 4 aliphatic rings. The van der Waals surface area contributed by atoms with Gasteiger partial charge in [0.05, 0.1) is 25.9 Å². The van der Waals surface area contributed by atoms with Crippen molar-refractivity contribution in [3.05, 3.63) is 0 Å². The molecule has 0 amide bonds. The van der Waals surface area contributed by atoms with E-state index in [4.69, 9.17) is 33.2 Å². The van der Waals surface area contributed by atoms with Crippen LogP contribution in [0.1, 0.15) is 6.92 Å². The number of rotatable bonds is 7. The van der Waals surface area contributed by atoms with Gasteiger partial charge in [-0.15, -0.1) is 0 Å². The minimum Gasteiger partial charge on any atom is -0.394 e. The smallest absolute Gasteiger partial charge is 0.187 e. The molecule has 0 aromatic heterocycles. The predicted molar refractivity (Wildman–Crippen MR) is 120 cm³/mol. The molecule has 4 rings (SSSR count). The summed E-state index contributed by atoms with van der Waals surface area (Å²) in [6.07, 6.45) is -29.2. The van der Waals surface area contributed by atoms with Crippen LogP contribution in [0.25, 0.3) is 0 Å². The van der Waals surface area contributed by atoms with Gasteiger partial charge in [-0.1, -0.05) is 0 Å². The summed E-state index contributed by atoms with van der Waals surface area (Å²) >= 11 is 0. The second kappa shape index (κ2) is 13.3. The molecular formula is C22H38O18. The van der Waals surface area contributed by atoms with E-state index in [9.17, 15) is 56.2 Å². The van der Waals surface area contributed by atoms with Crippen LogP contribution in [0.3, 0.4) is 0 Å².